The Labute approximate surface area is 108 Å². The zero-order chi connectivity index (χ0) is 12.1. The van der Waals surface area contributed by atoms with Gasteiger partial charge in [-0.2, -0.15) is 0 Å². The zero-order valence-electron chi connectivity index (χ0n) is 10.2. The second kappa shape index (κ2) is 5.67. The molecule has 0 saturated carbocycles. The van der Waals surface area contributed by atoms with Crippen LogP contribution >= 0.6 is 11.6 Å². The number of nitrogens with one attached hydrogen (secondary N) is 1. The Bertz CT molecular complexity index is 377. The zero-order valence-corrected chi connectivity index (χ0v) is 11.0. The van der Waals surface area contributed by atoms with Crippen LogP contribution in [0.2, 0.25) is 0 Å². The fraction of sp³-hybridized carbons (Fsp3) is 0.429. The molecule has 1 aromatic carbocycles. The number of hydrogen-bond donors (Lipinski definition) is 1. The Balaban J connectivity index is 2.24. The minimum absolute atomic E-state index is 0.0515. The molecular formula is C14H19ClN2. The van der Waals surface area contributed by atoms with Gasteiger partial charge in [-0.3, -0.25) is 4.90 Å². The van der Waals surface area contributed by atoms with Crippen molar-refractivity contribution in [1.82, 2.24) is 10.2 Å². The summed E-state index contributed by atoms with van der Waals surface area (Å²) in [5.74, 6) is 0. The van der Waals surface area contributed by atoms with E-state index in [0.717, 1.165) is 26.2 Å². The van der Waals surface area contributed by atoms with Crippen LogP contribution in [0.4, 0.5) is 0 Å². The first-order valence-electron chi connectivity index (χ1n) is 6.04. The van der Waals surface area contributed by atoms with E-state index < -0.39 is 0 Å². The van der Waals surface area contributed by atoms with Gasteiger partial charge in [0.25, 0.3) is 0 Å². The van der Waals surface area contributed by atoms with Crippen LogP contribution in [-0.2, 0) is 5.54 Å². The van der Waals surface area contributed by atoms with E-state index in [0.29, 0.717) is 0 Å². The van der Waals surface area contributed by atoms with Crippen molar-refractivity contribution in [3.05, 3.63) is 47.5 Å². The highest BCUT2D eigenvalue weighted by atomic mass is 35.5. The van der Waals surface area contributed by atoms with E-state index in [4.69, 9.17) is 11.6 Å². The Morgan fingerprint density at radius 3 is 2.88 bits per heavy atom. The van der Waals surface area contributed by atoms with Crippen molar-refractivity contribution in [2.45, 2.75) is 12.5 Å². The van der Waals surface area contributed by atoms with E-state index in [1.54, 1.807) is 5.54 Å². The smallest absolute Gasteiger partial charge is 0.0560 e. The van der Waals surface area contributed by atoms with Gasteiger partial charge in [-0.25, -0.2) is 0 Å². The van der Waals surface area contributed by atoms with Crippen molar-refractivity contribution in [2.24, 2.45) is 0 Å². The molecule has 92 valence electrons. The largest absolute Gasteiger partial charge is 0.313 e. The predicted octanol–water partition coefficient (Wildman–Crippen LogP) is 2.56. The minimum atomic E-state index is 0.0515. The van der Waals surface area contributed by atoms with E-state index in [1.807, 2.05) is 6.08 Å². The first kappa shape index (κ1) is 12.6. The van der Waals surface area contributed by atoms with Gasteiger partial charge in [-0.15, -0.1) is 0 Å². The van der Waals surface area contributed by atoms with Crippen LogP contribution in [0, 0.1) is 0 Å². The molecule has 1 atom stereocenters. The van der Waals surface area contributed by atoms with Gasteiger partial charge in [0.05, 0.1) is 5.54 Å². The van der Waals surface area contributed by atoms with E-state index in [-0.39, 0.29) is 5.54 Å². The monoisotopic (exact) mass is 250 g/mol. The van der Waals surface area contributed by atoms with Crippen LogP contribution in [0.5, 0.6) is 0 Å². The number of nitrogens with zero attached hydrogens (tertiary/aromatic N) is 1. The number of rotatable bonds is 3. The quantitative estimate of drug-likeness (QED) is 0.887. The molecule has 0 spiro atoms. The van der Waals surface area contributed by atoms with Gasteiger partial charge in [0, 0.05) is 31.7 Å². The molecule has 1 aliphatic heterocycles. The summed E-state index contributed by atoms with van der Waals surface area (Å²) in [4.78, 5) is 2.47. The molecule has 1 aromatic rings. The lowest BCUT2D eigenvalue weighted by Crippen LogP contribution is -2.57. The van der Waals surface area contributed by atoms with E-state index in [1.165, 1.54) is 5.56 Å². The van der Waals surface area contributed by atoms with Crippen molar-refractivity contribution in [3.8, 4) is 0 Å². The molecule has 0 aromatic heterocycles. The number of halogens is 1. The second-order valence-electron chi connectivity index (χ2n) is 4.62. The first-order chi connectivity index (χ1) is 8.27. The maximum atomic E-state index is 5.64. The minimum Gasteiger partial charge on any atom is -0.313 e. The molecule has 3 heteroatoms. The van der Waals surface area contributed by atoms with Crippen LogP contribution in [-0.4, -0.2) is 31.1 Å². The van der Waals surface area contributed by atoms with Crippen molar-refractivity contribution >= 4 is 11.6 Å². The van der Waals surface area contributed by atoms with Crippen molar-refractivity contribution in [2.75, 3.05) is 26.2 Å². The Hall–Kier alpha value is -0.830. The number of piperazine rings is 1. The normalized spacial score (nSPS) is 26.5. The molecule has 1 aliphatic rings. The highest BCUT2D eigenvalue weighted by Crippen LogP contribution is 2.29. The Kier molecular flexibility index (Phi) is 4.21. The molecule has 0 amide bonds. The van der Waals surface area contributed by atoms with E-state index >= 15 is 0 Å². The van der Waals surface area contributed by atoms with E-state index in [9.17, 15) is 0 Å². The molecule has 1 N–H and O–H groups in total. The summed E-state index contributed by atoms with van der Waals surface area (Å²) >= 11 is 5.64. The third kappa shape index (κ3) is 2.71. The van der Waals surface area contributed by atoms with E-state index in [2.05, 4.69) is 47.5 Å². The van der Waals surface area contributed by atoms with Crippen molar-refractivity contribution < 1.29 is 0 Å². The third-order valence-electron chi connectivity index (χ3n) is 3.54. The lowest BCUT2D eigenvalue weighted by atomic mass is 9.88. The van der Waals surface area contributed by atoms with Gasteiger partial charge in [0.1, 0.15) is 0 Å². The maximum absolute atomic E-state index is 5.64. The summed E-state index contributed by atoms with van der Waals surface area (Å²) in [5, 5.41) is 3.48. The molecule has 1 unspecified atom stereocenters. The fourth-order valence-corrected chi connectivity index (χ4v) is 2.53. The van der Waals surface area contributed by atoms with Gasteiger partial charge >= 0.3 is 0 Å². The molecule has 2 nitrogen and oxygen atoms in total. The lowest BCUT2D eigenvalue weighted by Gasteiger charge is -2.45. The predicted molar refractivity (Wildman–Crippen MR) is 73.2 cm³/mol. The van der Waals surface area contributed by atoms with Crippen LogP contribution < -0.4 is 5.32 Å². The molecule has 0 aliphatic carbocycles. The summed E-state index contributed by atoms with van der Waals surface area (Å²) < 4.78 is 0. The molecule has 1 saturated heterocycles. The average Bonchev–Trinajstić information content (AvgIpc) is 2.39. The van der Waals surface area contributed by atoms with Gasteiger partial charge < -0.3 is 5.32 Å². The van der Waals surface area contributed by atoms with Gasteiger partial charge in [-0.1, -0.05) is 48.0 Å². The third-order valence-corrected chi connectivity index (χ3v) is 3.71. The van der Waals surface area contributed by atoms with Gasteiger partial charge in [0.2, 0.25) is 0 Å². The van der Waals surface area contributed by atoms with Crippen LogP contribution in [0.1, 0.15) is 12.5 Å². The summed E-state index contributed by atoms with van der Waals surface area (Å²) in [7, 11) is 0. The molecular weight excluding hydrogens is 232 g/mol. The first-order valence-corrected chi connectivity index (χ1v) is 6.47. The number of hydrogen-bond acceptors (Lipinski definition) is 2. The summed E-state index contributed by atoms with van der Waals surface area (Å²) in [5.41, 5.74) is 3.01. The van der Waals surface area contributed by atoms with Gasteiger partial charge in [-0.05, 0) is 12.5 Å². The summed E-state index contributed by atoms with van der Waals surface area (Å²) in [6.45, 7) is 6.26. The summed E-state index contributed by atoms with van der Waals surface area (Å²) in [6.07, 6.45) is 2.01. The molecule has 17 heavy (non-hydrogen) atoms. The second-order valence-corrected chi connectivity index (χ2v) is 4.88. The van der Waals surface area contributed by atoms with Gasteiger partial charge in [0.15, 0.2) is 0 Å². The van der Waals surface area contributed by atoms with Crippen molar-refractivity contribution in [1.29, 1.82) is 0 Å². The summed E-state index contributed by atoms with van der Waals surface area (Å²) in [6, 6.07) is 10.7. The fourth-order valence-electron chi connectivity index (χ4n) is 2.45. The standard InChI is InChI=1S/C14H19ClN2/c1-14(13-6-3-2-4-7-13)12-16-9-11-17(14)10-5-8-15/h2-8,16H,9-12H2,1H3/b8-5+. The topological polar surface area (TPSA) is 15.3 Å². The van der Waals surface area contributed by atoms with Crippen LogP contribution in [0.3, 0.4) is 0 Å². The number of benzene rings is 1. The van der Waals surface area contributed by atoms with Crippen LogP contribution in [0.25, 0.3) is 0 Å². The molecule has 0 radical (unpaired) electrons. The molecule has 1 fully saturated rings. The van der Waals surface area contributed by atoms with Crippen molar-refractivity contribution in [3.63, 3.8) is 0 Å². The molecule has 0 bridgehead atoms. The Morgan fingerprint density at radius 1 is 1.41 bits per heavy atom. The lowest BCUT2D eigenvalue weighted by molar-refractivity contribution is 0.0865. The molecule has 1 heterocycles. The highest BCUT2D eigenvalue weighted by molar-refractivity contribution is 6.25. The SMILES string of the molecule is CC1(c2ccccc2)CNCCN1C/C=C/Cl. The Morgan fingerprint density at radius 2 is 2.18 bits per heavy atom. The molecule has 2 rings (SSSR count). The maximum Gasteiger partial charge on any atom is 0.0560 e. The van der Waals surface area contributed by atoms with Crippen LogP contribution in [0.15, 0.2) is 41.9 Å². The highest BCUT2D eigenvalue weighted by Gasteiger charge is 2.34. The average molecular weight is 251 g/mol.